The van der Waals surface area contributed by atoms with E-state index in [9.17, 15) is 13.2 Å². The van der Waals surface area contributed by atoms with Gasteiger partial charge in [0.1, 0.15) is 23.8 Å². The van der Waals surface area contributed by atoms with Crippen LogP contribution in [0.1, 0.15) is 32.1 Å². The lowest BCUT2D eigenvalue weighted by molar-refractivity contribution is -0.129. The maximum Gasteiger partial charge on any atom is 0.264 e. The average Bonchev–Trinajstić information content (AvgIpc) is 2.81. The van der Waals surface area contributed by atoms with Crippen LogP contribution in [-0.2, 0) is 14.8 Å². The van der Waals surface area contributed by atoms with Gasteiger partial charge in [0.25, 0.3) is 10.0 Å². The minimum atomic E-state index is -4.09. The predicted octanol–water partition coefficient (Wildman–Crippen LogP) is 3.70. The summed E-state index contributed by atoms with van der Waals surface area (Å²) in [5.41, 5.74) is 0.244. The minimum Gasteiger partial charge on any atom is -0.497 e. The summed E-state index contributed by atoms with van der Waals surface area (Å²) in [4.78, 5) is 15.1. The van der Waals surface area contributed by atoms with Crippen LogP contribution >= 0.6 is 0 Å². The van der Waals surface area contributed by atoms with Crippen LogP contribution in [0.5, 0.6) is 17.2 Å². The topological polar surface area (TPSA) is 85.4 Å². The molecule has 3 rings (SSSR count). The molecule has 0 spiro atoms. The first-order valence-electron chi connectivity index (χ1n) is 11.1. The molecule has 0 aromatic heterocycles. The standard InChI is InChI=1S/C24H32N2O6S/c1-30-19-9-12-21(13-10-19)33(28,29)26(22-17-20(31-2)11-14-23(22)32-3)18-24(27)25-15-7-5-4-6-8-16-25/h9-14,17H,4-8,15-16,18H2,1-3H3. The molecule has 0 radical (unpaired) electrons. The molecule has 0 atom stereocenters. The molecule has 9 heteroatoms. The van der Waals surface area contributed by atoms with Crippen LogP contribution in [0.3, 0.4) is 0 Å². The van der Waals surface area contributed by atoms with E-state index in [0.717, 1.165) is 30.0 Å². The molecule has 180 valence electrons. The Morgan fingerprint density at radius 3 is 2.00 bits per heavy atom. The van der Waals surface area contributed by atoms with Gasteiger partial charge >= 0.3 is 0 Å². The Bertz CT molecular complexity index is 1030. The van der Waals surface area contributed by atoms with Crippen molar-refractivity contribution in [1.82, 2.24) is 4.90 Å². The minimum absolute atomic E-state index is 0.0497. The van der Waals surface area contributed by atoms with Crippen molar-refractivity contribution < 1.29 is 27.4 Å². The Hall–Kier alpha value is -2.94. The molecule has 33 heavy (non-hydrogen) atoms. The molecule has 1 heterocycles. The summed E-state index contributed by atoms with van der Waals surface area (Å²) < 4.78 is 44.5. The molecular weight excluding hydrogens is 444 g/mol. The maximum absolute atomic E-state index is 13.8. The van der Waals surface area contributed by atoms with E-state index in [1.165, 1.54) is 39.9 Å². The van der Waals surface area contributed by atoms with Gasteiger partial charge in [-0.25, -0.2) is 8.42 Å². The van der Waals surface area contributed by atoms with Gasteiger partial charge in [-0.2, -0.15) is 0 Å². The van der Waals surface area contributed by atoms with Gasteiger partial charge in [0.15, 0.2) is 0 Å². The zero-order valence-corrected chi connectivity index (χ0v) is 20.3. The second-order valence-corrected chi connectivity index (χ2v) is 9.74. The summed E-state index contributed by atoms with van der Waals surface area (Å²) in [6.45, 7) is 0.924. The van der Waals surface area contributed by atoms with E-state index in [2.05, 4.69) is 0 Å². The number of methoxy groups -OCH3 is 3. The number of hydrogen-bond acceptors (Lipinski definition) is 6. The van der Waals surface area contributed by atoms with Crippen LogP contribution < -0.4 is 18.5 Å². The fraction of sp³-hybridized carbons (Fsp3) is 0.458. The quantitative estimate of drug-likeness (QED) is 0.578. The summed E-state index contributed by atoms with van der Waals surface area (Å²) >= 11 is 0. The highest BCUT2D eigenvalue weighted by atomic mass is 32.2. The predicted molar refractivity (Wildman–Crippen MR) is 127 cm³/mol. The van der Waals surface area contributed by atoms with E-state index in [-0.39, 0.29) is 23.0 Å². The number of anilines is 1. The zero-order chi connectivity index (χ0) is 23.8. The van der Waals surface area contributed by atoms with Gasteiger partial charge in [-0.1, -0.05) is 19.3 Å². The maximum atomic E-state index is 13.8. The number of benzene rings is 2. The molecule has 0 aliphatic carbocycles. The van der Waals surface area contributed by atoms with Crippen LogP contribution in [-0.4, -0.2) is 60.2 Å². The molecule has 0 unspecified atom stereocenters. The second-order valence-electron chi connectivity index (χ2n) is 7.87. The Morgan fingerprint density at radius 1 is 0.848 bits per heavy atom. The van der Waals surface area contributed by atoms with E-state index in [4.69, 9.17) is 14.2 Å². The first kappa shape index (κ1) is 24.7. The molecule has 1 amide bonds. The molecule has 1 saturated heterocycles. The van der Waals surface area contributed by atoms with Crippen LogP contribution in [0.25, 0.3) is 0 Å². The van der Waals surface area contributed by atoms with Gasteiger partial charge < -0.3 is 19.1 Å². The SMILES string of the molecule is COc1ccc(S(=O)(=O)N(CC(=O)N2CCCCCCC2)c2cc(OC)ccc2OC)cc1. The number of carbonyl (C=O) groups is 1. The molecule has 8 nitrogen and oxygen atoms in total. The highest BCUT2D eigenvalue weighted by molar-refractivity contribution is 7.92. The number of amides is 1. The van der Waals surface area contributed by atoms with Crippen LogP contribution in [0, 0.1) is 0 Å². The van der Waals surface area contributed by atoms with Gasteiger partial charge in [-0.15, -0.1) is 0 Å². The fourth-order valence-electron chi connectivity index (χ4n) is 3.89. The van der Waals surface area contributed by atoms with Gasteiger partial charge in [-0.05, 0) is 49.2 Å². The molecule has 2 aromatic rings. The number of ether oxygens (including phenoxy) is 3. The van der Waals surface area contributed by atoms with Crippen LogP contribution in [0.2, 0.25) is 0 Å². The molecule has 0 saturated carbocycles. The second kappa shape index (κ2) is 11.3. The number of rotatable bonds is 8. The van der Waals surface area contributed by atoms with Crippen molar-refractivity contribution >= 4 is 21.6 Å². The summed E-state index contributed by atoms with van der Waals surface area (Å²) in [6, 6.07) is 11.0. The lowest BCUT2D eigenvalue weighted by Crippen LogP contribution is -2.44. The highest BCUT2D eigenvalue weighted by Gasteiger charge is 2.31. The summed E-state index contributed by atoms with van der Waals surface area (Å²) in [7, 11) is 0.382. The lowest BCUT2D eigenvalue weighted by atomic mass is 10.1. The van der Waals surface area contributed by atoms with Crippen molar-refractivity contribution in [2.24, 2.45) is 0 Å². The highest BCUT2D eigenvalue weighted by Crippen LogP contribution is 2.36. The lowest BCUT2D eigenvalue weighted by Gasteiger charge is -2.30. The summed E-state index contributed by atoms with van der Waals surface area (Å²) in [5.74, 6) is 1.09. The molecule has 0 bridgehead atoms. The van der Waals surface area contributed by atoms with E-state index >= 15 is 0 Å². The molecule has 2 aromatic carbocycles. The third-order valence-corrected chi connectivity index (χ3v) is 7.56. The normalized spacial score (nSPS) is 14.7. The van der Waals surface area contributed by atoms with Crippen molar-refractivity contribution in [3.8, 4) is 17.2 Å². The Balaban J connectivity index is 2.03. The van der Waals surface area contributed by atoms with Gasteiger partial charge in [-0.3, -0.25) is 9.10 Å². The fourth-order valence-corrected chi connectivity index (χ4v) is 5.30. The summed E-state index contributed by atoms with van der Waals surface area (Å²) in [5, 5.41) is 0. The average molecular weight is 477 g/mol. The third-order valence-electron chi connectivity index (χ3n) is 5.79. The first-order valence-corrected chi connectivity index (χ1v) is 12.5. The van der Waals surface area contributed by atoms with Crippen LogP contribution in [0.4, 0.5) is 5.69 Å². The molecular formula is C24H32N2O6S. The molecule has 1 fully saturated rings. The molecule has 1 aliphatic heterocycles. The smallest absolute Gasteiger partial charge is 0.264 e. The van der Waals surface area contributed by atoms with Gasteiger partial charge in [0.2, 0.25) is 5.91 Å². The Labute approximate surface area is 196 Å². The number of hydrogen-bond donors (Lipinski definition) is 0. The third kappa shape index (κ3) is 5.90. The number of nitrogens with zero attached hydrogens (tertiary/aromatic N) is 2. The van der Waals surface area contributed by atoms with Gasteiger partial charge in [0, 0.05) is 19.2 Å². The first-order chi connectivity index (χ1) is 15.9. The largest absolute Gasteiger partial charge is 0.497 e. The van der Waals surface area contributed by atoms with Crippen LogP contribution in [0.15, 0.2) is 47.4 Å². The van der Waals surface area contributed by atoms with Crippen molar-refractivity contribution in [3.63, 3.8) is 0 Å². The molecule has 1 aliphatic rings. The molecule has 0 N–H and O–H groups in total. The number of sulfonamides is 1. The van der Waals surface area contributed by atoms with E-state index < -0.39 is 10.0 Å². The van der Waals surface area contributed by atoms with Gasteiger partial charge in [0.05, 0.1) is 31.9 Å². The van der Waals surface area contributed by atoms with E-state index in [1.54, 1.807) is 35.2 Å². The van der Waals surface area contributed by atoms with Crippen molar-refractivity contribution in [1.29, 1.82) is 0 Å². The Morgan fingerprint density at radius 2 is 1.42 bits per heavy atom. The monoisotopic (exact) mass is 476 g/mol. The van der Waals surface area contributed by atoms with E-state index in [1.807, 2.05) is 0 Å². The number of carbonyl (C=O) groups excluding carboxylic acids is 1. The van der Waals surface area contributed by atoms with E-state index in [0.29, 0.717) is 30.3 Å². The van der Waals surface area contributed by atoms with Crippen molar-refractivity contribution in [2.45, 2.75) is 37.0 Å². The van der Waals surface area contributed by atoms with Crippen molar-refractivity contribution in [3.05, 3.63) is 42.5 Å². The van der Waals surface area contributed by atoms with Crippen molar-refractivity contribution in [2.75, 3.05) is 45.3 Å². The summed E-state index contributed by atoms with van der Waals surface area (Å²) in [6.07, 6.45) is 5.14. The Kier molecular flexibility index (Phi) is 8.43. The zero-order valence-electron chi connectivity index (χ0n) is 19.5. The number of likely N-dealkylation sites (tertiary alicyclic amines) is 1.